The number of anilines is 2. The van der Waals surface area contributed by atoms with Gasteiger partial charge in [-0.25, -0.2) is 0 Å². The van der Waals surface area contributed by atoms with E-state index in [1.807, 2.05) is 24.3 Å². The molecular weight excluding hydrogens is 369 g/mol. The first-order chi connectivity index (χ1) is 12.5. The van der Waals surface area contributed by atoms with Crippen LogP contribution in [0.15, 0.2) is 48.5 Å². The monoisotopic (exact) mass is 389 g/mol. The number of carbonyl (C=O) groups is 1. The highest BCUT2D eigenvalue weighted by molar-refractivity contribution is 6.31. The Bertz CT molecular complexity index is 814. The number of piperazine rings is 1. The molecule has 0 saturated carbocycles. The Balaban J connectivity index is 1.74. The van der Waals surface area contributed by atoms with Gasteiger partial charge in [-0.2, -0.15) is 0 Å². The average molecular weight is 390 g/mol. The van der Waals surface area contributed by atoms with Crippen LogP contribution in [0, 0.1) is 0 Å². The molecule has 0 aromatic heterocycles. The molecule has 1 heterocycles. The number of amides is 1. The van der Waals surface area contributed by atoms with Gasteiger partial charge in [-0.3, -0.25) is 4.79 Å². The molecule has 4 nitrogen and oxygen atoms in total. The van der Waals surface area contributed by atoms with Gasteiger partial charge >= 0.3 is 0 Å². The lowest BCUT2D eigenvalue weighted by Gasteiger charge is -2.35. The summed E-state index contributed by atoms with van der Waals surface area (Å²) < 4.78 is 0. The number of hydrogen-bond acceptors (Lipinski definition) is 3. The van der Waals surface area contributed by atoms with Gasteiger partial charge in [0.2, 0.25) is 5.91 Å². The smallest absolute Gasteiger partial charge is 0.248 e. The minimum Gasteiger partial charge on any atom is -0.367 e. The van der Waals surface area contributed by atoms with Crippen LogP contribution >= 0.6 is 23.2 Å². The van der Waals surface area contributed by atoms with Crippen molar-refractivity contribution in [1.82, 2.24) is 4.90 Å². The van der Waals surface area contributed by atoms with Gasteiger partial charge in [0.05, 0.1) is 11.4 Å². The minimum atomic E-state index is -0.206. The second-order valence-corrected chi connectivity index (χ2v) is 7.20. The molecule has 3 rings (SSSR count). The Morgan fingerprint density at radius 1 is 1.04 bits per heavy atom. The molecular formula is C20H21Cl2N3O. The first-order valence-electron chi connectivity index (χ1n) is 8.49. The zero-order chi connectivity index (χ0) is 18.5. The second-order valence-electron chi connectivity index (χ2n) is 6.33. The Morgan fingerprint density at radius 2 is 1.77 bits per heavy atom. The molecule has 1 aliphatic rings. The summed E-state index contributed by atoms with van der Waals surface area (Å²) in [5.74, 6) is -0.206. The molecule has 0 radical (unpaired) electrons. The molecule has 2 aromatic rings. The van der Waals surface area contributed by atoms with Crippen molar-refractivity contribution >= 4 is 46.6 Å². The average Bonchev–Trinajstić information content (AvgIpc) is 2.61. The van der Waals surface area contributed by atoms with Crippen molar-refractivity contribution < 1.29 is 4.79 Å². The van der Waals surface area contributed by atoms with Gasteiger partial charge in [0, 0.05) is 42.3 Å². The van der Waals surface area contributed by atoms with Gasteiger partial charge in [0.1, 0.15) is 0 Å². The van der Waals surface area contributed by atoms with Gasteiger partial charge in [-0.05, 0) is 49.0 Å². The number of hydrogen-bond donors (Lipinski definition) is 1. The molecule has 136 valence electrons. The first kappa shape index (κ1) is 18.8. The van der Waals surface area contributed by atoms with E-state index in [1.165, 1.54) is 6.08 Å². The number of nitrogens with zero attached hydrogens (tertiary/aromatic N) is 2. The van der Waals surface area contributed by atoms with Crippen LogP contribution in [-0.2, 0) is 4.79 Å². The predicted octanol–water partition coefficient (Wildman–Crippen LogP) is 4.40. The highest BCUT2D eigenvalue weighted by Crippen LogP contribution is 2.30. The zero-order valence-corrected chi connectivity index (χ0v) is 16.1. The van der Waals surface area contributed by atoms with Crippen LogP contribution in [-0.4, -0.2) is 44.0 Å². The predicted molar refractivity (Wildman–Crippen MR) is 110 cm³/mol. The third kappa shape index (κ3) is 5.01. The Hall–Kier alpha value is -2.01. The molecule has 0 bridgehead atoms. The van der Waals surface area contributed by atoms with Gasteiger partial charge in [0.25, 0.3) is 0 Å². The lowest BCUT2D eigenvalue weighted by molar-refractivity contribution is -0.111. The quantitative estimate of drug-likeness (QED) is 0.787. The molecule has 0 atom stereocenters. The van der Waals surface area contributed by atoms with Crippen LogP contribution in [0.3, 0.4) is 0 Å². The summed E-state index contributed by atoms with van der Waals surface area (Å²) in [7, 11) is 2.11. The first-order valence-corrected chi connectivity index (χ1v) is 9.24. The fourth-order valence-electron chi connectivity index (χ4n) is 2.89. The third-order valence-corrected chi connectivity index (χ3v) is 4.81. The summed E-state index contributed by atoms with van der Waals surface area (Å²) in [5, 5.41) is 4.18. The Kier molecular flexibility index (Phi) is 6.20. The van der Waals surface area contributed by atoms with E-state index in [2.05, 4.69) is 22.2 Å². The molecule has 1 aliphatic heterocycles. The van der Waals surface area contributed by atoms with E-state index < -0.39 is 0 Å². The maximum atomic E-state index is 12.4. The highest BCUT2D eigenvalue weighted by Gasteiger charge is 2.18. The summed E-state index contributed by atoms with van der Waals surface area (Å²) >= 11 is 12.1. The molecule has 1 N–H and O–H groups in total. The molecule has 2 aromatic carbocycles. The maximum absolute atomic E-state index is 12.4. The normalized spacial score (nSPS) is 15.4. The highest BCUT2D eigenvalue weighted by atomic mass is 35.5. The summed E-state index contributed by atoms with van der Waals surface area (Å²) in [4.78, 5) is 16.9. The van der Waals surface area contributed by atoms with Crippen LogP contribution in [0.1, 0.15) is 5.56 Å². The fraction of sp³-hybridized carbons (Fsp3) is 0.250. The number of nitrogens with one attached hydrogen (secondary N) is 1. The van der Waals surface area contributed by atoms with Crippen LogP contribution in [0.4, 0.5) is 11.4 Å². The minimum absolute atomic E-state index is 0.206. The van der Waals surface area contributed by atoms with E-state index in [9.17, 15) is 4.79 Å². The van der Waals surface area contributed by atoms with E-state index in [4.69, 9.17) is 23.2 Å². The van der Waals surface area contributed by atoms with Crippen LogP contribution in [0.5, 0.6) is 0 Å². The van der Waals surface area contributed by atoms with Crippen molar-refractivity contribution in [3.05, 3.63) is 64.1 Å². The van der Waals surface area contributed by atoms with Crippen LogP contribution in [0.25, 0.3) is 6.08 Å². The number of benzene rings is 2. The molecule has 1 amide bonds. The SMILES string of the molecule is CN1CCN(c2ccc(Cl)cc2NC(=O)/C=C/c2cccc(Cl)c2)CC1. The van der Waals surface area contributed by atoms with Crippen molar-refractivity contribution in [2.24, 2.45) is 0 Å². The summed E-state index contributed by atoms with van der Waals surface area (Å²) in [5.41, 5.74) is 2.59. The van der Waals surface area contributed by atoms with E-state index in [0.29, 0.717) is 10.0 Å². The number of carbonyl (C=O) groups excluding carboxylic acids is 1. The van der Waals surface area contributed by atoms with Crippen molar-refractivity contribution in [3.63, 3.8) is 0 Å². The molecule has 0 unspecified atom stereocenters. The molecule has 1 fully saturated rings. The number of rotatable bonds is 4. The maximum Gasteiger partial charge on any atom is 0.248 e. The summed E-state index contributed by atoms with van der Waals surface area (Å²) in [6.07, 6.45) is 3.24. The van der Waals surface area contributed by atoms with Gasteiger partial charge in [0.15, 0.2) is 0 Å². The summed E-state index contributed by atoms with van der Waals surface area (Å²) in [6, 6.07) is 13.0. The lowest BCUT2D eigenvalue weighted by Crippen LogP contribution is -2.44. The zero-order valence-electron chi connectivity index (χ0n) is 14.6. The van der Waals surface area contributed by atoms with Gasteiger partial charge in [-0.15, -0.1) is 0 Å². The van der Waals surface area contributed by atoms with Gasteiger partial charge in [-0.1, -0.05) is 35.3 Å². The van der Waals surface area contributed by atoms with E-state index in [0.717, 1.165) is 43.1 Å². The topological polar surface area (TPSA) is 35.6 Å². The largest absolute Gasteiger partial charge is 0.367 e. The summed E-state index contributed by atoms with van der Waals surface area (Å²) in [6.45, 7) is 3.81. The van der Waals surface area contributed by atoms with Crippen molar-refractivity contribution in [3.8, 4) is 0 Å². The van der Waals surface area contributed by atoms with Crippen LogP contribution < -0.4 is 10.2 Å². The van der Waals surface area contributed by atoms with Gasteiger partial charge < -0.3 is 15.1 Å². The Morgan fingerprint density at radius 3 is 2.50 bits per heavy atom. The van der Waals surface area contributed by atoms with E-state index >= 15 is 0 Å². The lowest BCUT2D eigenvalue weighted by atomic mass is 10.2. The van der Waals surface area contributed by atoms with Crippen molar-refractivity contribution in [1.29, 1.82) is 0 Å². The number of halogens is 2. The number of likely N-dealkylation sites (N-methyl/N-ethyl adjacent to an activating group) is 1. The standard InChI is InChI=1S/C20H21Cl2N3O/c1-24-9-11-25(12-10-24)19-7-6-17(22)14-18(19)23-20(26)8-5-15-3-2-4-16(21)13-15/h2-8,13-14H,9-12H2,1H3,(H,23,26)/b8-5+. The molecule has 6 heteroatoms. The van der Waals surface area contributed by atoms with E-state index in [-0.39, 0.29) is 5.91 Å². The van der Waals surface area contributed by atoms with E-state index in [1.54, 1.807) is 24.3 Å². The molecule has 1 saturated heterocycles. The van der Waals surface area contributed by atoms with Crippen molar-refractivity contribution in [2.75, 3.05) is 43.4 Å². The second kappa shape index (κ2) is 8.58. The van der Waals surface area contributed by atoms with Crippen LogP contribution in [0.2, 0.25) is 10.0 Å². The fourth-order valence-corrected chi connectivity index (χ4v) is 3.26. The Labute approximate surface area is 164 Å². The molecule has 0 aliphatic carbocycles. The third-order valence-electron chi connectivity index (χ3n) is 4.34. The van der Waals surface area contributed by atoms with Crippen molar-refractivity contribution in [2.45, 2.75) is 0 Å². The molecule has 26 heavy (non-hydrogen) atoms. The molecule has 0 spiro atoms.